The zero-order valence-electron chi connectivity index (χ0n) is 12.9. The van der Waals surface area contributed by atoms with Crippen LogP contribution in [-0.4, -0.2) is 58.1 Å². The van der Waals surface area contributed by atoms with Gasteiger partial charge in [-0.2, -0.15) is 0 Å². The van der Waals surface area contributed by atoms with E-state index in [1.165, 1.54) is 12.8 Å². The highest BCUT2D eigenvalue weighted by atomic mass is 16.6. The van der Waals surface area contributed by atoms with Crippen LogP contribution in [0.4, 0.5) is 4.79 Å². The molecule has 1 spiro atoms. The Labute approximate surface area is 125 Å². The summed E-state index contributed by atoms with van der Waals surface area (Å²) in [7, 11) is 1.80. The Morgan fingerprint density at radius 3 is 3.05 bits per heavy atom. The van der Waals surface area contributed by atoms with Crippen LogP contribution < -0.4 is 0 Å². The fourth-order valence-electron chi connectivity index (χ4n) is 3.27. The number of likely N-dealkylation sites (tertiary alicyclic amines) is 1. The number of aromatic nitrogens is 2. The van der Waals surface area contributed by atoms with Crippen LogP contribution in [0, 0.1) is 0 Å². The molecule has 6 nitrogen and oxygen atoms in total. The van der Waals surface area contributed by atoms with Crippen molar-refractivity contribution in [1.29, 1.82) is 0 Å². The van der Waals surface area contributed by atoms with Crippen molar-refractivity contribution in [1.82, 2.24) is 19.8 Å². The summed E-state index contributed by atoms with van der Waals surface area (Å²) >= 11 is 0. The lowest BCUT2D eigenvalue weighted by molar-refractivity contribution is 0.0626. The third-order valence-electron chi connectivity index (χ3n) is 4.38. The van der Waals surface area contributed by atoms with Gasteiger partial charge in [-0.15, -0.1) is 0 Å². The van der Waals surface area contributed by atoms with E-state index < -0.39 is 0 Å². The average molecular weight is 292 g/mol. The molecule has 0 saturated carbocycles. The van der Waals surface area contributed by atoms with Gasteiger partial charge in [-0.1, -0.05) is 13.3 Å². The lowest BCUT2D eigenvalue weighted by atomic mass is 10.0. The highest BCUT2D eigenvalue weighted by Gasteiger charge is 2.48. The molecule has 3 heterocycles. The van der Waals surface area contributed by atoms with E-state index in [0.717, 1.165) is 44.0 Å². The number of nitrogens with zero attached hydrogens (tertiary/aromatic N) is 3. The SMILES string of the molecule is CCCCc1ncc(CN2CCC3(C2)CN(C)C(=O)O3)[nH]1. The zero-order chi connectivity index (χ0) is 14.9. The van der Waals surface area contributed by atoms with Gasteiger partial charge in [0.05, 0.1) is 6.54 Å². The highest BCUT2D eigenvalue weighted by Crippen LogP contribution is 2.32. The van der Waals surface area contributed by atoms with Crippen molar-refractivity contribution >= 4 is 6.09 Å². The molecule has 0 bridgehead atoms. The molecule has 1 atom stereocenters. The van der Waals surface area contributed by atoms with E-state index in [9.17, 15) is 4.79 Å². The molecule has 21 heavy (non-hydrogen) atoms. The van der Waals surface area contributed by atoms with Crippen LogP contribution in [0.2, 0.25) is 0 Å². The molecule has 1 aromatic heterocycles. The monoisotopic (exact) mass is 292 g/mol. The maximum absolute atomic E-state index is 11.6. The van der Waals surface area contributed by atoms with Crippen molar-refractivity contribution in [3.05, 3.63) is 17.7 Å². The number of ether oxygens (including phenoxy) is 1. The van der Waals surface area contributed by atoms with Crippen molar-refractivity contribution in [2.75, 3.05) is 26.7 Å². The van der Waals surface area contributed by atoms with E-state index in [1.54, 1.807) is 11.9 Å². The van der Waals surface area contributed by atoms with Gasteiger partial charge in [0.15, 0.2) is 0 Å². The van der Waals surface area contributed by atoms with Gasteiger partial charge in [0.25, 0.3) is 0 Å². The minimum atomic E-state index is -0.295. The summed E-state index contributed by atoms with van der Waals surface area (Å²) in [6.07, 6.45) is 6.03. The van der Waals surface area contributed by atoms with Crippen molar-refractivity contribution in [3.63, 3.8) is 0 Å². The first-order valence-electron chi connectivity index (χ1n) is 7.79. The van der Waals surface area contributed by atoms with Gasteiger partial charge in [0.2, 0.25) is 0 Å². The number of imidazole rings is 1. The second kappa shape index (κ2) is 5.67. The maximum Gasteiger partial charge on any atom is 0.410 e. The van der Waals surface area contributed by atoms with Crippen LogP contribution in [0.1, 0.15) is 37.7 Å². The Balaban J connectivity index is 1.55. The number of likely N-dealkylation sites (N-methyl/N-ethyl adjacent to an activating group) is 1. The molecule has 2 fully saturated rings. The quantitative estimate of drug-likeness (QED) is 0.898. The maximum atomic E-state index is 11.6. The lowest BCUT2D eigenvalue weighted by Crippen LogP contribution is -2.37. The molecule has 1 amide bonds. The number of H-pyrrole nitrogens is 1. The summed E-state index contributed by atoms with van der Waals surface area (Å²) in [5, 5.41) is 0. The molecule has 6 heteroatoms. The Kier molecular flexibility index (Phi) is 3.89. The number of amides is 1. The molecule has 3 rings (SSSR count). The average Bonchev–Trinajstić information content (AvgIpc) is 3.11. The molecule has 0 aliphatic carbocycles. The van der Waals surface area contributed by atoms with E-state index >= 15 is 0 Å². The Hall–Kier alpha value is -1.56. The number of rotatable bonds is 5. The molecule has 1 unspecified atom stereocenters. The van der Waals surface area contributed by atoms with Gasteiger partial charge in [-0.25, -0.2) is 9.78 Å². The van der Waals surface area contributed by atoms with Gasteiger partial charge in [0.1, 0.15) is 11.4 Å². The number of carbonyl (C=O) groups is 1. The van der Waals surface area contributed by atoms with Crippen molar-refractivity contribution in [3.8, 4) is 0 Å². The lowest BCUT2D eigenvalue weighted by Gasteiger charge is -2.21. The summed E-state index contributed by atoms with van der Waals surface area (Å²) < 4.78 is 5.57. The summed E-state index contributed by atoms with van der Waals surface area (Å²) in [6.45, 7) is 5.51. The Bertz CT molecular complexity index is 516. The van der Waals surface area contributed by atoms with Crippen molar-refractivity contribution in [2.24, 2.45) is 0 Å². The molecule has 0 radical (unpaired) electrons. The standard InChI is InChI=1S/C15H24N4O2/c1-3-4-5-13-16-8-12(17-13)9-19-7-6-15(11-19)10-18(2)14(20)21-15/h8H,3-7,9-11H2,1-2H3,(H,16,17). The van der Waals surface area contributed by atoms with E-state index in [4.69, 9.17) is 4.74 Å². The largest absolute Gasteiger partial charge is 0.439 e. The highest BCUT2D eigenvalue weighted by molar-refractivity contribution is 5.70. The molecule has 0 aromatic carbocycles. The first kappa shape index (κ1) is 14.4. The number of carbonyl (C=O) groups excluding carboxylic acids is 1. The predicted molar refractivity (Wildman–Crippen MR) is 78.9 cm³/mol. The van der Waals surface area contributed by atoms with Gasteiger partial charge >= 0.3 is 6.09 Å². The molecular formula is C15H24N4O2. The molecule has 1 N–H and O–H groups in total. The van der Waals surface area contributed by atoms with Crippen LogP contribution in [-0.2, 0) is 17.7 Å². The number of hydrogen-bond acceptors (Lipinski definition) is 4. The number of nitrogens with one attached hydrogen (secondary N) is 1. The van der Waals surface area contributed by atoms with E-state index in [-0.39, 0.29) is 11.7 Å². The molecular weight excluding hydrogens is 268 g/mol. The van der Waals surface area contributed by atoms with Crippen LogP contribution in [0.25, 0.3) is 0 Å². The minimum Gasteiger partial charge on any atom is -0.439 e. The van der Waals surface area contributed by atoms with E-state index in [0.29, 0.717) is 6.54 Å². The van der Waals surface area contributed by atoms with Gasteiger partial charge in [-0.05, 0) is 6.42 Å². The van der Waals surface area contributed by atoms with Crippen molar-refractivity contribution in [2.45, 2.75) is 44.8 Å². The molecule has 2 aliphatic heterocycles. The van der Waals surface area contributed by atoms with Crippen LogP contribution in [0.3, 0.4) is 0 Å². The first-order chi connectivity index (χ1) is 10.1. The Morgan fingerprint density at radius 2 is 2.33 bits per heavy atom. The number of aryl methyl sites for hydroxylation is 1. The van der Waals surface area contributed by atoms with Crippen LogP contribution in [0.5, 0.6) is 0 Å². The topological polar surface area (TPSA) is 61.5 Å². The van der Waals surface area contributed by atoms with E-state index in [2.05, 4.69) is 21.8 Å². The minimum absolute atomic E-state index is 0.194. The molecule has 2 aliphatic rings. The number of unbranched alkanes of at least 4 members (excludes halogenated alkanes) is 1. The van der Waals surface area contributed by atoms with Gasteiger partial charge in [-0.3, -0.25) is 4.90 Å². The number of aromatic amines is 1. The smallest absolute Gasteiger partial charge is 0.410 e. The summed E-state index contributed by atoms with van der Waals surface area (Å²) in [5.74, 6) is 1.08. The fraction of sp³-hybridized carbons (Fsp3) is 0.733. The first-order valence-corrected chi connectivity index (χ1v) is 7.79. The Morgan fingerprint density at radius 1 is 1.48 bits per heavy atom. The summed E-state index contributed by atoms with van der Waals surface area (Å²) in [4.78, 5) is 23.4. The predicted octanol–water partition coefficient (Wildman–Crippen LogP) is 1.78. The number of hydrogen-bond donors (Lipinski definition) is 1. The molecule has 116 valence electrons. The van der Waals surface area contributed by atoms with Gasteiger partial charge < -0.3 is 14.6 Å². The molecule has 2 saturated heterocycles. The van der Waals surface area contributed by atoms with Gasteiger partial charge in [0, 0.05) is 51.4 Å². The summed E-state index contributed by atoms with van der Waals surface area (Å²) in [5.41, 5.74) is 0.854. The third-order valence-corrected chi connectivity index (χ3v) is 4.38. The van der Waals surface area contributed by atoms with Crippen LogP contribution >= 0.6 is 0 Å². The summed E-state index contributed by atoms with van der Waals surface area (Å²) in [6, 6.07) is 0. The second-order valence-corrected chi connectivity index (χ2v) is 6.33. The zero-order valence-corrected chi connectivity index (χ0v) is 12.9. The van der Waals surface area contributed by atoms with Crippen LogP contribution in [0.15, 0.2) is 6.20 Å². The van der Waals surface area contributed by atoms with Crippen molar-refractivity contribution < 1.29 is 9.53 Å². The normalized spacial score (nSPS) is 26.0. The second-order valence-electron chi connectivity index (χ2n) is 6.33. The fourth-order valence-corrected chi connectivity index (χ4v) is 3.27. The van der Waals surface area contributed by atoms with E-state index in [1.807, 2.05) is 6.20 Å². The molecule has 1 aromatic rings. The third kappa shape index (κ3) is 3.05.